The summed E-state index contributed by atoms with van der Waals surface area (Å²) in [5.74, 6) is 0.404. The number of aromatic amines is 1. The summed E-state index contributed by atoms with van der Waals surface area (Å²) in [6.45, 7) is 4.06. The molecule has 112 valence electrons. The van der Waals surface area contributed by atoms with Crippen LogP contribution < -0.4 is 16.0 Å². The van der Waals surface area contributed by atoms with Crippen molar-refractivity contribution in [1.82, 2.24) is 9.55 Å². The van der Waals surface area contributed by atoms with Crippen molar-refractivity contribution in [3.05, 3.63) is 56.2 Å². The first-order chi connectivity index (χ1) is 10.0. The maximum Gasteiger partial charge on any atom is 0.331 e. The van der Waals surface area contributed by atoms with Crippen molar-refractivity contribution >= 4 is 0 Å². The topological polar surface area (TPSA) is 84.3 Å². The lowest BCUT2D eigenvalue weighted by Crippen LogP contribution is -2.33. The van der Waals surface area contributed by atoms with Gasteiger partial charge in [-0.2, -0.15) is 0 Å². The van der Waals surface area contributed by atoms with E-state index in [1.165, 1.54) is 0 Å². The number of nitrogens with one attached hydrogen (secondary N) is 1. The van der Waals surface area contributed by atoms with E-state index in [0.29, 0.717) is 12.2 Å². The van der Waals surface area contributed by atoms with Gasteiger partial charge in [0.25, 0.3) is 5.56 Å². The molecule has 0 spiro atoms. The highest BCUT2D eigenvalue weighted by atomic mass is 16.5. The van der Waals surface area contributed by atoms with Gasteiger partial charge in [-0.3, -0.25) is 14.3 Å². The Bertz CT molecular complexity index is 746. The summed E-state index contributed by atoms with van der Waals surface area (Å²) in [5.41, 5.74) is 0.0911. The molecule has 2 rings (SSSR count). The van der Waals surface area contributed by atoms with Crippen molar-refractivity contribution in [2.75, 3.05) is 6.61 Å². The molecule has 1 aromatic heterocycles. The molecule has 0 saturated heterocycles. The molecular weight excluding hydrogens is 272 g/mol. The molecule has 2 aromatic rings. The molecule has 0 fully saturated rings. The Balaban J connectivity index is 2.14. The molecule has 6 nitrogen and oxygen atoms in total. The Morgan fingerprint density at radius 3 is 2.76 bits per heavy atom. The van der Waals surface area contributed by atoms with Crippen molar-refractivity contribution in [1.29, 1.82) is 0 Å². The predicted molar refractivity (Wildman–Crippen MR) is 79.0 cm³/mol. The van der Waals surface area contributed by atoms with Gasteiger partial charge in [-0.05, 0) is 31.0 Å². The third-order valence-corrected chi connectivity index (χ3v) is 3.19. The van der Waals surface area contributed by atoms with Gasteiger partial charge < -0.3 is 9.84 Å². The minimum atomic E-state index is -0.637. The fourth-order valence-electron chi connectivity index (χ4n) is 2.09. The standard InChI is InChI=1S/C15H18N2O4/c1-3-12-13(18)16-15(20)17(14(12)19)7-8-21-11-6-4-5-10(2)9-11/h4-6,9,19H,3,7-8H2,1-2H3,(H,16,18,20). The van der Waals surface area contributed by atoms with Gasteiger partial charge in [-0.1, -0.05) is 19.1 Å². The Kier molecular flexibility index (Phi) is 4.47. The fourth-order valence-corrected chi connectivity index (χ4v) is 2.09. The van der Waals surface area contributed by atoms with Gasteiger partial charge in [0.05, 0.1) is 12.1 Å². The average Bonchev–Trinajstić information content (AvgIpc) is 2.43. The highest BCUT2D eigenvalue weighted by molar-refractivity contribution is 5.27. The molecule has 1 heterocycles. The van der Waals surface area contributed by atoms with Gasteiger partial charge in [-0.25, -0.2) is 4.79 Å². The zero-order valence-corrected chi connectivity index (χ0v) is 12.0. The van der Waals surface area contributed by atoms with Gasteiger partial charge in [-0.15, -0.1) is 0 Å². The Labute approximate surface area is 121 Å². The first kappa shape index (κ1) is 14.9. The Hall–Kier alpha value is -2.50. The van der Waals surface area contributed by atoms with Crippen LogP contribution in [0.1, 0.15) is 18.1 Å². The van der Waals surface area contributed by atoms with Crippen LogP contribution in [0.5, 0.6) is 11.6 Å². The molecule has 6 heteroatoms. The summed E-state index contributed by atoms with van der Waals surface area (Å²) in [5, 5.41) is 9.98. The van der Waals surface area contributed by atoms with E-state index in [4.69, 9.17) is 4.74 Å². The summed E-state index contributed by atoms with van der Waals surface area (Å²) in [6.07, 6.45) is 0.347. The van der Waals surface area contributed by atoms with Crippen LogP contribution in [-0.2, 0) is 13.0 Å². The number of aromatic nitrogens is 2. The van der Waals surface area contributed by atoms with Crippen LogP contribution in [0.25, 0.3) is 0 Å². The van der Waals surface area contributed by atoms with Gasteiger partial charge >= 0.3 is 5.69 Å². The van der Waals surface area contributed by atoms with Crippen LogP contribution in [0.3, 0.4) is 0 Å². The SMILES string of the molecule is CCc1c(O)n(CCOc2cccc(C)c2)c(=O)[nH]c1=O. The molecule has 0 unspecified atom stereocenters. The van der Waals surface area contributed by atoms with E-state index < -0.39 is 11.2 Å². The number of rotatable bonds is 5. The minimum absolute atomic E-state index is 0.155. The van der Waals surface area contributed by atoms with Crippen LogP contribution in [0, 0.1) is 6.92 Å². The van der Waals surface area contributed by atoms with Crippen molar-refractivity contribution in [3.8, 4) is 11.6 Å². The summed E-state index contributed by atoms with van der Waals surface area (Å²) in [4.78, 5) is 25.4. The normalized spacial score (nSPS) is 10.6. The van der Waals surface area contributed by atoms with E-state index in [1.807, 2.05) is 31.2 Å². The Morgan fingerprint density at radius 1 is 1.33 bits per heavy atom. The first-order valence-corrected chi connectivity index (χ1v) is 6.77. The zero-order chi connectivity index (χ0) is 15.4. The largest absolute Gasteiger partial charge is 0.494 e. The molecule has 0 aliphatic rings. The molecule has 1 aromatic carbocycles. The fraction of sp³-hybridized carbons (Fsp3) is 0.333. The van der Waals surface area contributed by atoms with Crippen molar-refractivity contribution in [2.45, 2.75) is 26.8 Å². The monoisotopic (exact) mass is 290 g/mol. The second-order valence-electron chi connectivity index (χ2n) is 4.73. The summed E-state index contributed by atoms with van der Waals surface area (Å²) >= 11 is 0. The average molecular weight is 290 g/mol. The lowest BCUT2D eigenvalue weighted by molar-refractivity contribution is 0.281. The number of aryl methyl sites for hydroxylation is 1. The van der Waals surface area contributed by atoms with E-state index in [1.54, 1.807) is 6.92 Å². The van der Waals surface area contributed by atoms with Crippen molar-refractivity contribution < 1.29 is 9.84 Å². The Morgan fingerprint density at radius 2 is 2.10 bits per heavy atom. The second-order valence-corrected chi connectivity index (χ2v) is 4.73. The quantitative estimate of drug-likeness (QED) is 0.866. The highest BCUT2D eigenvalue weighted by Crippen LogP contribution is 2.13. The van der Waals surface area contributed by atoms with Crippen molar-refractivity contribution in [2.24, 2.45) is 0 Å². The molecule has 0 amide bonds. The van der Waals surface area contributed by atoms with Gasteiger partial charge in [0.15, 0.2) is 0 Å². The third-order valence-electron chi connectivity index (χ3n) is 3.19. The summed E-state index contributed by atoms with van der Waals surface area (Å²) in [7, 11) is 0. The number of H-pyrrole nitrogens is 1. The molecular formula is C15H18N2O4. The molecule has 0 bridgehead atoms. The zero-order valence-electron chi connectivity index (χ0n) is 12.0. The van der Waals surface area contributed by atoms with E-state index >= 15 is 0 Å². The van der Waals surface area contributed by atoms with E-state index in [2.05, 4.69) is 4.98 Å². The number of benzene rings is 1. The molecule has 0 atom stereocenters. The highest BCUT2D eigenvalue weighted by Gasteiger charge is 2.12. The van der Waals surface area contributed by atoms with E-state index in [-0.39, 0.29) is 24.6 Å². The van der Waals surface area contributed by atoms with E-state index in [9.17, 15) is 14.7 Å². The van der Waals surface area contributed by atoms with E-state index in [0.717, 1.165) is 10.1 Å². The van der Waals surface area contributed by atoms with Gasteiger partial charge in [0.1, 0.15) is 12.4 Å². The lowest BCUT2D eigenvalue weighted by Gasteiger charge is -2.11. The predicted octanol–water partition coefficient (Wildman–Crippen LogP) is 1.19. The number of ether oxygens (including phenoxy) is 1. The van der Waals surface area contributed by atoms with Crippen LogP contribution in [0.15, 0.2) is 33.9 Å². The second kappa shape index (κ2) is 6.30. The van der Waals surface area contributed by atoms with Gasteiger partial charge in [0, 0.05) is 0 Å². The molecule has 0 aliphatic heterocycles. The number of aromatic hydroxyl groups is 1. The smallest absolute Gasteiger partial charge is 0.331 e. The number of nitrogens with zero attached hydrogens (tertiary/aromatic N) is 1. The molecule has 2 N–H and O–H groups in total. The molecule has 0 radical (unpaired) electrons. The van der Waals surface area contributed by atoms with Crippen LogP contribution in [0.2, 0.25) is 0 Å². The minimum Gasteiger partial charge on any atom is -0.494 e. The van der Waals surface area contributed by atoms with Gasteiger partial charge in [0.2, 0.25) is 5.88 Å². The lowest BCUT2D eigenvalue weighted by atomic mass is 10.2. The maximum absolute atomic E-state index is 11.7. The van der Waals surface area contributed by atoms with Crippen molar-refractivity contribution in [3.63, 3.8) is 0 Å². The number of hydrogen-bond acceptors (Lipinski definition) is 4. The number of hydrogen-bond donors (Lipinski definition) is 2. The maximum atomic E-state index is 11.7. The summed E-state index contributed by atoms with van der Waals surface area (Å²) in [6, 6.07) is 7.54. The third kappa shape index (κ3) is 3.34. The summed E-state index contributed by atoms with van der Waals surface area (Å²) < 4.78 is 6.65. The van der Waals surface area contributed by atoms with Crippen LogP contribution in [0.4, 0.5) is 0 Å². The molecule has 21 heavy (non-hydrogen) atoms. The van der Waals surface area contributed by atoms with Crippen LogP contribution in [-0.4, -0.2) is 21.3 Å². The first-order valence-electron chi connectivity index (χ1n) is 6.77. The molecule has 0 aliphatic carbocycles. The van der Waals surface area contributed by atoms with Crippen LogP contribution >= 0.6 is 0 Å². The molecule has 0 saturated carbocycles.